The molecule has 8 nitrogen and oxygen atoms in total. The van der Waals surface area contributed by atoms with Gasteiger partial charge in [-0.05, 0) is 62.3 Å². The summed E-state index contributed by atoms with van der Waals surface area (Å²) in [4.78, 5) is 31.0. The van der Waals surface area contributed by atoms with E-state index in [2.05, 4.69) is 20.6 Å². The number of carbonyl (C=O) groups is 2. The van der Waals surface area contributed by atoms with Gasteiger partial charge in [-0.25, -0.2) is 8.42 Å². The maximum atomic E-state index is 12.3. The van der Waals surface area contributed by atoms with Crippen molar-refractivity contribution in [1.82, 2.24) is 15.6 Å². The van der Waals surface area contributed by atoms with Crippen LogP contribution in [0.15, 0.2) is 40.2 Å². The molecule has 0 atom stereocenters. The largest absolute Gasteiger partial charge is 0.279 e. The Morgan fingerprint density at radius 2 is 1.85 bits per heavy atom. The van der Waals surface area contributed by atoms with Crippen molar-refractivity contribution < 1.29 is 18.0 Å². The molecule has 3 N–H and O–H groups in total. The SMILES string of the molecule is O=C(CCCCCN=C1NS(=O)(=O)c2ccccc21)NNC(=O)c1cc2c(s1)CCCCC2. The van der Waals surface area contributed by atoms with Crippen LogP contribution in [0.5, 0.6) is 0 Å². The lowest BCUT2D eigenvalue weighted by atomic mass is 10.1. The van der Waals surface area contributed by atoms with Crippen molar-refractivity contribution in [2.45, 2.75) is 62.7 Å². The Kier molecular flexibility index (Phi) is 7.44. The summed E-state index contributed by atoms with van der Waals surface area (Å²) in [6.45, 7) is 0.466. The zero-order valence-corrected chi connectivity index (χ0v) is 20.0. The van der Waals surface area contributed by atoms with E-state index in [9.17, 15) is 18.0 Å². The highest BCUT2D eigenvalue weighted by Crippen LogP contribution is 2.28. The Morgan fingerprint density at radius 3 is 2.73 bits per heavy atom. The van der Waals surface area contributed by atoms with E-state index >= 15 is 0 Å². The molecule has 2 amide bonds. The van der Waals surface area contributed by atoms with E-state index in [1.165, 1.54) is 34.6 Å². The summed E-state index contributed by atoms with van der Waals surface area (Å²) in [7, 11) is -3.52. The van der Waals surface area contributed by atoms with Gasteiger partial charge in [0.25, 0.3) is 15.9 Å². The number of fused-ring (bicyclic) bond motifs is 2. The molecule has 0 bridgehead atoms. The van der Waals surface area contributed by atoms with Gasteiger partial charge in [-0.3, -0.25) is 30.2 Å². The molecule has 1 aliphatic heterocycles. The van der Waals surface area contributed by atoms with Crippen LogP contribution in [0.25, 0.3) is 0 Å². The molecule has 2 aliphatic rings. The topological polar surface area (TPSA) is 117 Å². The first-order valence-electron chi connectivity index (χ1n) is 11.3. The Bertz CT molecular complexity index is 1150. The third-order valence-corrected chi connectivity index (χ3v) is 8.41. The molecule has 4 rings (SSSR count). The molecule has 0 spiro atoms. The zero-order chi connectivity index (χ0) is 23.3. The van der Waals surface area contributed by atoms with Gasteiger partial charge in [0.05, 0.1) is 9.77 Å². The van der Waals surface area contributed by atoms with Gasteiger partial charge in [-0.1, -0.05) is 25.0 Å². The lowest BCUT2D eigenvalue weighted by Gasteiger charge is -2.06. The minimum Gasteiger partial charge on any atom is -0.273 e. The first-order chi connectivity index (χ1) is 15.9. The standard InChI is InChI=1S/C23H28N4O4S2/c28-21(25-26-23(29)19-15-16-9-3-1-4-11-18(16)32-19)13-5-2-8-14-24-22-17-10-6-7-12-20(17)33(30,31)27-22/h6-7,10,12,15H,1-5,8-9,11,13-14H2,(H,24,27)(H,25,28)(H,26,29). The van der Waals surface area contributed by atoms with E-state index in [4.69, 9.17) is 0 Å². The molecule has 0 unspecified atom stereocenters. The number of sulfonamides is 1. The Morgan fingerprint density at radius 1 is 1.03 bits per heavy atom. The summed E-state index contributed by atoms with van der Waals surface area (Å²) >= 11 is 1.52. The highest BCUT2D eigenvalue weighted by atomic mass is 32.2. The van der Waals surface area contributed by atoms with Gasteiger partial charge in [0.2, 0.25) is 5.91 Å². The molecular formula is C23H28N4O4S2. The van der Waals surface area contributed by atoms with Gasteiger partial charge in [-0.15, -0.1) is 11.3 Å². The first-order valence-corrected chi connectivity index (χ1v) is 13.6. The lowest BCUT2D eigenvalue weighted by molar-refractivity contribution is -0.122. The number of amidine groups is 1. The molecule has 0 radical (unpaired) electrons. The molecular weight excluding hydrogens is 460 g/mol. The van der Waals surface area contributed by atoms with Crippen molar-refractivity contribution in [3.05, 3.63) is 51.2 Å². The molecule has 33 heavy (non-hydrogen) atoms. The number of hydrazine groups is 1. The average Bonchev–Trinajstić information content (AvgIpc) is 3.23. The number of rotatable bonds is 7. The van der Waals surface area contributed by atoms with E-state index in [-0.39, 0.29) is 16.7 Å². The molecule has 2 heterocycles. The number of thiophene rings is 1. The van der Waals surface area contributed by atoms with Crippen molar-refractivity contribution >= 4 is 39.0 Å². The van der Waals surface area contributed by atoms with Crippen LogP contribution >= 0.6 is 11.3 Å². The second-order valence-corrected chi connectivity index (χ2v) is 11.1. The predicted octanol–water partition coefficient (Wildman–Crippen LogP) is 3.08. The Balaban J connectivity index is 1.14. The molecule has 176 valence electrons. The molecule has 10 heteroatoms. The summed E-state index contributed by atoms with van der Waals surface area (Å²) in [5.74, 6) is -0.126. The number of amides is 2. The van der Waals surface area contributed by atoms with Crippen molar-refractivity contribution in [1.29, 1.82) is 0 Å². The minimum atomic E-state index is -3.52. The maximum absolute atomic E-state index is 12.3. The second-order valence-electron chi connectivity index (χ2n) is 8.26. The summed E-state index contributed by atoms with van der Waals surface area (Å²) in [5.41, 5.74) is 6.87. The van der Waals surface area contributed by atoms with Gasteiger partial charge in [0, 0.05) is 23.4 Å². The molecule has 1 aromatic heterocycles. The van der Waals surface area contributed by atoms with E-state index < -0.39 is 10.0 Å². The van der Waals surface area contributed by atoms with Crippen molar-refractivity contribution in [2.75, 3.05) is 6.54 Å². The number of hydrogen-bond donors (Lipinski definition) is 3. The van der Waals surface area contributed by atoms with Gasteiger partial charge < -0.3 is 0 Å². The first kappa shape index (κ1) is 23.4. The maximum Gasteiger partial charge on any atom is 0.279 e. The number of carbonyl (C=O) groups excluding carboxylic acids is 2. The molecule has 1 aliphatic carbocycles. The van der Waals surface area contributed by atoms with Gasteiger partial charge >= 0.3 is 0 Å². The monoisotopic (exact) mass is 488 g/mol. The molecule has 1 aromatic carbocycles. The van der Waals surface area contributed by atoms with Crippen molar-refractivity contribution in [2.24, 2.45) is 4.99 Å². The van der Waals surface area contributed by atoms with Crippen LogP contribution in [0.4, 0.5) is 0 Å². The van der Waals surface area contributed by atoms with Gasteiger partial charge in [0.1, 0.15) is 5.84 Å². The third-order valence-electron chi connectivity index (χ3n) is 5.78. The fourth-order valence-electron chi connectivity index (χ4n) is 4.05. The minimum absolute atomic E-state index is 0.231. The number of benzene rings is 1. The smallest absolute Gasteiger partial charge is 0.273 e. The Hall–Kier alpha value is -2.72. The van der Waals surface area contributed by atoms with Crippen LogP contribution < -0.4 is 15.6 Å². The summed E-state index contributed by atoms with van der Waals surface area (Å²) < 4.78 is 26.6. The molecule has 0 fully saturated rings. The number of unbranched alkanes of at least 4 members (excludes halogenated alkanes) is 2. The quantitative estimate of drug-likeness (QED) is 0.315. The van der Waals surface area contributed by atoms with Crippen LogP contribution in [0, 0.1) is 0 Å². The van der Waals surface area contributed by atoms with Crippen molar-refractivity contribution in [3.63, 3.8) is 0 Å². The average molecular weight is 489 g/mol. The number of hydrogen-bond acceptors (Lipinski definition) is 6. The Labute approximate surface area is 197 Å². The lowest BCUT2D eigenvalue weighted by Crippen LogP contribution is -2.41. The van der Waals surface area contributed by atoms with E-state index in [0.717, 1.165) is 32.1 Å². The highest BCUT2D eigenvalue weighted by molar-refractivity contribution is 7.90. The molecule has 0 saturated heterocycles. The van der Waals surface area contributed by atoms with E-state index in [0.29, 0.717) is 35.7 Å². The fourth-order valence-corrected chi connectivity index (χ4v) is 6.45. The number of nitrogens with one attached hydrogen (secondary N) is 3. The molecule has 0 saturated carbocycles. The number of aliphatic imine (C=N–C) groups is 1. The van der Waals surface area contributed by atoms with Gasteiger partial charge in [0.15, 0.2) is 0 Å². The predicted molar refractivity (Wildman–Crippen MR) is 128 cm³/mol. The third kappa shape index (κ3) is 5.80. The van der Waals surface area contributed by atoms with E-state index in [1.54, 1.807) is 24.3 Å². The normalized spacial score (nSPS) is 17.5. The summed E-state index contributed by atoms with van der Waals surface area (Å²) in [6, 6.07) is 8.71. The fraction of sp³-hybridized carbons (Fsp3) is 0.435. The summed E-state index contributed by atoms with van der Waals surface area (Å²) in [5, 5.41) is 0. The number of nitrogens with zero attached hydrogens (tertiary/aromatic N) is 1. The molecule has 2 aromatic rings. The van der Waals surface area contributed by atoms with Crippen molar-refractivity contribution in [3.8, 4) is 0 Å². The zero-order valence-electron chi connectivity index (χ0n) is 18.4. The van der Waals surface area contributed by atoms with Crippen LogP contribution in [0.2, 0.25) is 0 Å². The number of aryl methyl sites for hydroxylation is 2. The summed E-state index contributed by atoms with van der Waals surface area (Å²) in [6.07, 6.45) is 8.07. The van der Waals surface area contributed by atoms with Crippen LogP contribution in [0.1, 0.15) is 70.6 Å². The second kappa shape index (κ2) is 10.5. The van der Waals surface area contributed by atoms with Crippen LogP contribution in [-0.2, 0) is 27.7 Å². The highest BCUT2D eigenvalue weighted by Gasteiger charge is 2.29. The van der Waals surface area contributed by atoms with E-state index in [1.807, 2.05) is 6.07 Å². The van der Waals surface area contributed by atoms with Gasteiger partial charge in [-0.2, -0.15) is 0 Å². The van der Waals surface area contributed by atoms with Crippen LogP contribution in [-0.4, -0.2) is 32.6 Å². The van der Waals surface area contributed by atoms with Crippen LogP contribution in [0.3, 0.4) is 0 Å².